The van der Waals surface area contributed by atoms with Crippen molar-refractivity contribution in [1.29, 1.82) is 0 Å². The van der Waals surface area contributed by atoms with Crippen molar-refractivity contribution in [3.63, 3.8) is 0 Å². The third kappa shape index (κ3) is 3.89. The second kappa shape index (κ2) is 8.46. The van der Waals surface area contributed by atoms with Crippen LogP contribution in [0.25, 0.3) is 11.1 Å². The van der Waals surface area contributed by atoms with Gasteiger partial charge in [0, 0.05) is 30.9 Å². The van der Waals surface area contributed by atoms with Gasteiger partial charge in [-0.3, -0.25) is 9.36 Å². The average Bonchev–Trinajstić information content (AvgIpc) is 3.12. The molecule has 0 radical (unpaired) electrons. The monoisotopic (exact) mass is 469 g/mol. The van der Waals surface area contributed by atoms with E-state index in [-0.39, 0.29) is 29.0 Å². The van der Waals surface area contributed by atoms with Crippen molar-refractivity contribution in [3.05, 3.63) is 58.6 Å². The van der Waals surface area contributed by atoms with Crippen LogP contribution in [-0.4, -0.2) is 42.3 Å². The lowest BCUT2D eigenvalue weighted by atomic mass is 10.1. The molecule has 1 amide bonds. The predicted molar refractivity (Wildman–Crippen MR) is 125 cm³/mol. The Morgan fingerprint density at radius 1 is 1.06 bits per heavy atom. The van der Waals surface area contributed by atoms with Crippen molar-refractivity contribution in [2.24, 2.45) is 0 Å². The van der Waals surface area contributed by atoms with E-state index in [1.165, 1.54) is 21.0 Å². The summed E-state index contributed by atoms with van der Waals surface area (Å²) >= 11 is 0. The summed E-state index contributed by atoms with van der Waals surface area (Å²) < 4.78 is 34.4. The smallest absolute Gasteiger partial charge is 0.408 e. The zero-order valence-corrected chi connectivity index (χ0v) is 19.4. The highest BCUT2D eigenvalue weighted by Crippen LogP contribution is 2.32. The van der Waals surface area contributed by atoms with Crippen LogP contribution in [0.1, 0.15) is 38.2 Å². The highest BCUT2D eigenvalue weighted by Gasteiger charge is 2.31. The molecular formula is C24H27N3O5S. The fourth-order valence-corrected chi connectivity index (χ4v) is 6.48. The molecular weight excluding hydrogens is 442 g/mol. The van der Waals surface area contributed by atoms with Crippen LogP contribution >= 0.6 is 0 Å². The van der Waals surface area contributed by atoms with Gasteiger partial charge in [-0.05, 0) is 49.9 Å². The Labute approximate surface area is 192 Å². The summed E-state index contributed by atoms with van der Waals surface area (Å²) in [6.45, 7) is 2.79. The minimum absolute atomic E-state index is 0.00543. The first-order valence-electron chi connectivity index (χ1n) is 11.4. The third-order valence-electron chi connectivity index (χ3n) is 6.61. The first kappa shape index (κ1) is 21.9. The van der Waals surface area contributed by atoms with Gasteiger partial charge in [0.15, 0.2) is 5.58 Å². The molecule has 8 nitrogen and oxygen atoms in total. The Morgan fingerprint density at radius 2 is 1.79 bits per heavy atom. The molecule has 1 saturated heterocycles. The van der Waals surface area contributed by atoms with Crippen LogP contribution in [-0.2, 0) is 27.8 Å². The standard InChI is InChI=1S/C24H27N3O5S/c1-17-14-18-8-4-5-9-20(18)27(17)23(28)16-26-21-11-10-19(15-22(21)32-24(26)29)33(30,31)25-12-6-2-3-7-13-25/h4-5,8-11,15,17H,2-3,6-7,12-14,16H2,1H3/t17-/m1/s1. The molecule has 1 fully saturated rings. The highest BCUT2D eigenvalue weighted by molar-refractivity contribution is 7.89. The molecule has 5 rings (SSSR count). The average molecular weight is 470 g/mol. The Morgan fingerprint density at radius 3 is 2.55 bits per heavy atom. The second-order valence-corrected chi connectivity index (χ2v) is 10.8. The minimum Gasteiger partial charge on any atom is -0.408 e. The molecule has 0 N–H and O–H groups in total. The van der Waals surface area contributed by atoms with Gasteiger partial charge in [-0.1, -0.05) is 31.0 Å². The van der Waals surface area contributed by atoms with Crippen LogP contribution in [0, 0.1) is 0 Å². The Bertz CT molecular complexity index is 1370. The van der Waals surface area contributed by atoms with Crippen molar-refractivity contribution in [2.45, 2.75) is 56.5 Å². The molecule has 0 unspecified atom stereocenters. The summed E-state index contributed by atoms with van der Waals surface area (Å²) in [5.41, 5.74) is 2.54. The number of anilines is 1. The zero-order chi connectivity index (χ0) is 23.2. The number of para-hydroxylation sites is 1. The molecule has 0 bridgehead atoms. The fourth-order valence-electron chi connectivity index (χ4n) is 4.95. The number of aromatic nitrogens is 1. The molecule has 2 aromatic carbocycles. The van der Waals surface area contributed by atoms with Crippen LogP contribution in [0.3, 0.4) is 0 Å². The number of oxazole rings is 1. The Balaban J connectivity index is 1.44. The van der Waals surface area contributed by atoms with Crippen LogP contribution in [0.5, 0.6) is 0 Å². The molecule has 2 aliphatic heterocycles. The van der Waals surface area contributed by atoms with Gasteiger partial charge in [0.1, 0.15) is 6.54 Å². The number of carbonyl (C=O) groups is 1. The molecule has 0 saturated carbocycles. The van der Waals surface area contributed by atoms with Crippen molar-refractivity contribution in [2.75, 3.05) is 18.0 Å². The maximum absolute atomic E-state index is 13.2. The van der Waals surface area contributed by atoms with Gasteiger partial charge >= 0.3 is 5.76 Å². The largest absolute Gasteiger partial charge is 0.420 e. The van der Waals surface area contributed by atoms with E-state index in [0.717, 1.165) is 43.4 Å². The lowest BCUT2D eigenvalue weighted by Gasteiger charge is -2.22. The zero-order valence-electron chi connectivity index (χ0n) is 18.6. The van der Waals surface area contributed by atoms with Crippen LogP contribution in [0.4, 0.5) is 5.69 Å². The number of rotatable bonds is 4. The summed E-state index contributed by atoms with van der Waals surface area (Å²) in [7, 11) is -3.67. The summed E-state index contributed by atoms with van der Waals surface area (Å²) in [6.07, 6.45) is 4.49. The quantitative estimate of drug-likeness (QED) is 0.585. The number of hydrogen-bond acceptors (Lipinski definition) is 5. The maximum Gasteiger partial charge on any atom is 0.420 e. The summed E-state index contributed by atoms with van der Waals surface area (Å²) in [5, 5.41) is 0. The number of carbonyl (C=O) groups excluding carboxylic acids is 1. The van der Waals surface area contributed by atoms with Crippen LogP contribution in [0.15, 0.2) is 56.6 Å². The van der Waals surface area contributed by atoms with Gasteiger partial charge < -0.3 is 9.32 Å². The molecule has 1 aromatic heterocycles. The maximum atomic E-state index is 13.2. The van der Waals surface area contributed by atoms with E-state index < -0.39 is 15.8 Å². The number of hydrogen-bond donors (Lipinski definition) is 0. The van der Waals surface area contributed by atoms with Gasteiger partial charge in [-0.15, -0.1) is 0 Å². The van der Waals surface area contributed by atoms with Gasteiger partial charge in [0.25, 0.3) is 0 Å². The Hall–Kier alpha value is -2.91. The van der Waals surface area contributed by atoms with E-state index in [2.05, 4.69) is 0 Å². The molecule has 0 aliphatic carbocycles. The summed E-state index contributed by atoms with van der Waals surface area (Å²) in [4.78, 5) is 27.6. The minimum atomic E-state index is -3.67. The topological polar surface area (TPSA) is 92.8 Å². The number of nitrogens with zero attached hydrogens (tertiary/aromatic N) is 3. The first-order valence-corrected chi connectivity index (χ1v) is 12.8. The molecule has 174 valence electrons. The van der Waals surface area contributed by atoms with E-state index in [9.17, 15) is 18.0 Å². The number of fused-ring (bicyclic) bond motifs is 2. The van der Waals surface area contributed by atoms with Crippen LogP contribution in [0.2, 0.25) is 0 Å². The molecule has 2 aliphatic rings. The van der Waals surface area contributed by atoms with Gasteiger partial charge in [-0.25, -0.2) is 13.2 Å². The number of sulfonamides is 1. The lowest BCUT2D eigenvalue weighted by molar-refractivity contribution is -0.119. The molecule has 33 heavy (non-hydrogen) atoms. The molecule has 3 aromatic rings. The second-order valence-electron chi connectivity index (χ2n) is 8.85. The van der Waals surface area contributed by atoms with Crippen molar-refractivity contribution in [3.8, 4) is 0 Å². The summed E-state index contributed by atoms with van der Waals surface area (Å²) in [5.74, 6) is -0.888. The summed E-state index contributed by atoms with van der Waals surface area (Å²) in [6, 6.07) is 12.2. The molecule has 1 atom stereocenters. The van der Waals surface area contributed by atoms with Crippen molar-refractivity contribution >= 4 is 32.7 Å². The Kier molecular flexibility index (Phi) is 5.62. The fraction of sp³-hybridized carbons (Fsp3) is 0.417. The first-order chi connectivity index (χ1) is 15.9. The number of benzene rings is 2. The van der Waals surface area contributed by atoms with Gasteiger partial charge in [0.05, 0.1) is 10.4 Å². The van der Waals surface area contributed by atoms with Crippen molar-refractivity contribution < 1.29 is 17.6 Å². The predicted octanol–water partition coefficient (Wildman–Crippen LogP) is 3.14. The SMILES string of the molecule is C[C@@H]1Cc2ccccc2N1C(=O)Cn1c(=O)oc2cc(S(=O)(=O)N3CCCCCC3)ccc21. The number of amides is 1. The third-order valence-corrected chi connectivity index (χ3v) is 8.51. The molecule has 9 heteroatoms. The van der Waals surface area contributed by atoms with E-state index in [0.29, 0.717) is 18.6 Å². The van der Waals surface area contributed by atoms with Crippen molar-refractivity contribution in [1.82, 2.24) is 8.87 Å². The van der Waals surface area contributed by atoms with E-state index in [4.69, 9.17) is 4.42 Å². The van der Waals surface area contributed by atoms with Gasteiger partial charge in [0.2, 0.25) is 15.9 Å². The highest BCUT2D eigenvalue weighted by atomic mass is 32.2. The van der Waals surface area contributed by atoms with E-state index >= 15 is 0 Å². The van der Waals surface area contributed by atoms with Crippen LogP contribution < -0.4 is 10.7 Å². The molecule has 0 spiro atoms. The lowest BCUT2D eigenvalue weighted by Crippen LogP contribution is -2.39. The van der Waals surface area contributed by atoms with Gasteiger partial charge in [-0.2, -0.15) is 4.31 Å². The molecule has 3 heterocycles. The van der Waals surface area contributed by atoms with E-state index in [1.54, 1.807) is 11.0 Å². The normalized spacial score (nSPS) is 19.5. The van der Waals surface area contributed by atoms with E-state index in [1.807, 2.05) is 31.2 Å².